The highest BCUT2D eigenvalue weighted by Crippen LogP contribution is 2.36. The largest absolute Gasteiger partial charge is 0.436 e. The van der Waals surface area contributed by atoms with E-state index < -0.39 is 0 Å². The Morgan fingerprint density at radius 1 is 1.07 bits per heavy atom. The fourth-order valence-electron chi connectivity index (χ4n) is 3.36. The number of nitrogens with one attached hydrogen (secondary N) is 1. The molecule has 0 aliphatic carbocycles. The van der Waals surface area contributed by atoms with Crippen molar-refractivity contribution in [2.75, 3.05) is 5.32 Å². The summed E-state index contributed by atoms with van der Waals surface area (Å²) in [5.74, 6) is 0.228. The molecule has 4 nitrogen and oxygen atoms in total. The van der Waals surface area contributed by atoms with Gasteiger partial charge in [-0.2, -0.15) is 0 Å². The van der Waals surface area contributed by atoms with Crippen LogP contribution in [0.4, 0.5) is 5.69 Å². The SMILES string of the molecule is Cc1c(NC(=O)c2sc3ccccc3c2Cl)cccc1-c1nc2cc(Cl)ccc2o1. The normalized spacial score (nSPS) is 11.3. The van der Waals surface area contributed by atoms with E-state index in [1.54, 1.807) is 18.2 Å². The summed E-state index contributed by atoms with van der Waals surface area (Å²) in [5.41, 5.74) is 3.65. The second-order valence-corrected chi connectivity index (χ2v) is 8.67. The zero-order chi connectivity index (χ0) is 20.8. The number of amides is 1. The summed E-state index contributed by atoms with van der Waals surface area (Å²) in [6, 6.07) is 18.6. The molecule has 0 atom stereocenters. The summed E-state index contributed by atoms with van der Waals surface area (Å²) in [6.07, 6.45) is 0. The molecule has 0 aliphatic rings. The number of hydrogen-bond acceptors (Lipinski definition) is 4. The van der Waals surface area contributed by atoms with Gasteiger partial charge in [0.15, 0.2) is 5.58 Å². The average molecular weight is 453 g/mol. The monoisotopic (exact) mass is 452 g/mol. The second-order valence-electron chi connectivity index (χ2n) is 6.80. The van der Waals surface area contributed by atoms with Crippen molar-refractivity contribution in [3.63, 3.8) is 0 Å². The van der Waals surface area contributed by atoms with Crippen LogP contribution >= 0.6 is 34.5 Å². The Kier molecular flexibility index (Phi) is 4.74. The van der Waals surface area contributed by atoms with Crippen molar-refractivity contribution in [1.82, 2.24) is 4.98 Å². The van der Waals surface area contributed by atoms with Gasteiger partial charge >= 0.3 is 0 Å². The van der Waals surface area contributed by atoms with Crippen LogP contribution in [0, 0.1) is 6.92 Å². The molecule has 0 saturated heterocycles. The number of nitrogens with zero attached hydrogens (tertiary/aromatic N) is 1. The van der Waals surface area contributed by atoms with Gasteiger partial charge in [0.05, 0.1) is 5.02 Å². The molecule has 0 spiro atoms. The smallest absolute Gasteiger partial charge is 0.267 e. The van der Waals surface area contributed by atoms with Gasteiger partial charge in [-0.3, -0.25) is 4.79 Å². The lowest BCUT2D eigenvalue weighted by Gasteiger charge is -2.10. The van der Waals surface area contributed by atoms with Crippen LogP contribution in [0.5, 0.6) is 0 Å². The Bertz CT molecular complexity index is 1440. The van der Waals surface area contributed by atoms with Gasteiger partial charge in [0, 0.05) is 26.4 Å². The molecule has 3 aromatic carbocycles. The van der Waals surface area contributed by atoms with E-state index in [0.717, 1.165) is 21.2 Å². The lowest BCUT2D eigenvalue weighted by atomic mass is 10.1. The van der Waals surface area contributed by atoms with Crippen molar-refractivity contribution in [3.05, 3.63) is 81.1 Å². The van der Waals surface area contributed by atoms with Gasteiger partial charge in [0.1, 0.15) is 10.4 Å². The van der Waals surface area contributed by atoms with Crippen molar-refractivity contribution >= 4 is 67.3 Å². The van der Waals surface area contributed by atoms with Crippen LogP contribution < -0.4 is 5.32 Å². The Hall–Kier alpha value is -2.86. The van der Waals surface area contributed by atoms with Gasteiger partial charge in [-0.1, -0.05) is 47.5 Å². The Labute approximate surface area is 186 Å². The van der Waals surface area contributed by atoms with Crippen LogP contribution in [0.3, 0.4) is 0 Å². The van der Waals surface area contributed by atoms with E-state index in [1.165, 1.54) is 11.3 Å². The highest BCUT2D eigenvalue weighted by molar-refractivity contribution is 7.21. The third-order valence-electron chi connectivity index (χ3n) is 4.90. The first-order valence-corrected chi connectivity index (χ1v) is 10.7. The number of halogens is 2. The number of carbonyl (C=O) groups excluding carboxylic acids is 1. The molecule has 5 rings (SSSR count). The van der Waals surface area contributed by atoms with Crippen LogP contribution in [0.2, 0.25) is 10.0 Å². The number of carbonyl (C=O) groups is 1. The van der Waals surface area contributed by atoms with Crippen molar-refractivity contribution in [3.8, 4) is 11.5 Å². The highest BCUT2D eigenvalue weighted by atomic mass is 35.5. The third-order valence-corrected chi connectivity index (χ3v) is 6.81. The third kappa shape index (κ3) is 3.25. The molecule has 1 N–H and O–H groups in total. The van der Waals surface area contributed by atoms with Crippen LogP contribution in [0.1, 0.15) is 15.2 Å². The maximum absolute atomic E-state index is 12.9. The summed E-state index contributed by atoms with van der Waals surface area (Å²) >= 11 is 13.9. The van der Waals surface area contributed by atoms with Crippen molar-refractivity contribution < 1.29 is 9.21 Å². The molecule has 2 aromatic heterocycles. The molecule has 30 heavy (non-hydrogen) atoms. The number of oxazole rings is 1. The highest BCUT2D eigenvalue weighted by Gasteiger charge is 2.19. The van der Waals surface area contributed by atoms with E-state index >= 15 is 0 Å². The average Bonchev–Trinajstić information content (AvgIpc) is 3.30. The maximum atomic E-state index is 12.9. The van der Waals surface area contributed by atoms with Gasteiger partial charge in [-0.05, 0) is 48.9 Å². The molecule has 148 valence electrons. The fraction of sp³-hybridized carbons (Fsp3) is 0.0435. The van der Waals surface area contributed by atoms with Crippen LogP contribution in [-0.2, 0) is 0 Å². The first-order chi connectivity index (χ1) is 14.5. The van der Waals surface area contributed by atoms with Gasteiger partial charge in [0.25, 0.3) is 5.91 Å². The van der Waals surface area contributed by atoms with E-state index in [2.05, 4.69) is 10.3 Å². The zero-order valence-electron chi connectivity index (χ0n) is 15.7. The maximum Gasteiger partial charge on any atom is 0.267 e. The Balaban J connectivity index is 1.50. The number of rotatable bonds is 3. The van der Waals surface area contributed by atoms with Gasteiger partial charge in [0.2, 0.25) is 5.89 Å². The number of benzene rings is 3. The van der Waals surface area contributed by atoms with E-state index in [1.807, 2.05) is 49.4 Å². The molecule has 0 unspecified atom stereocenters. The van der Waals surface area contributed by atoms with Gasteiger partial charge < -0.3 is 9.73 Å². The van der Waals surface area contributed by atoms with Gasteiger partial charge in [-0.15, -0.1) is 11.3 Å². The molecule has 7 heteroatoms. The predicted molar refractivity (Wildman–Crippen MR) is 124 cm³/mol. The zero-order valence-corrected chi connectivity index (χ0v) is 18.0. The van der Waals surface area contributed by atoms with E-state index in [4.69, 9.17) is 27.6 Å². The molecule has 5 aromatic rings. The van der Waals surface area contributed by atoms with Crippen molar-refractivity contribution in [2.24, 2.45) is 0 Å². The molecule has 0 bridgehead atoms. The molecule has 0 radical (unpaired) electrons. The number of thiophene rings is 1. The molecule has 1 amide bonds. The molecular formula is C23H14Cl2N2O2S. The molecular weight excluding hydrogens is 439 g/mol. The van der Waals surface area contributed by atoms with E-state index in [0.29, 0.717) is 37.6 Å². The Morgan fingerprint density at radius 3 is 2.73 bits per heavy atom. The van der Waals surface area contributed by atoms with Crippen LogP contribution in [0.15, 0.2) is 65.1 Å². The summed E-state index contributed by atoms with van der Waals surface area (Å²) in [7, 11) is 0. The topological polar surface area (TPSA) is 55.1 Å². The number of hydrogen-bond donors (Lipinski definition) is 1. The van der Waals surface area contributed by atoms with E-state index in [9.17, 15) is 4.79 Å². The van der Waals surface area contributed by atoms with Crippen LogP contribution in [0.25, 0.3) is 32.6 Å². The minimum absolute atomic E-state index is 0.245. The van der Waals surface area contributed by atoms with Gasteiger partial charge in [-0.25, -0.2) is 4.98 Å². The number of fused-ring (bicyclic) bond motifs is 2. The molecule has 0 aliphatic heterocycles. The van der Waals surface area contributed by atoms with Crippen molar-refractivity contribution in [2.45, 2.75) is 6.92 Å². The lowest BCUT2D eigenvalue weighted by Crippen LogP contribution is -2.12. The van der Waals surface area contributed by atoms with Crippen LogP contribution in [-0.4, -0.2) is 10.9 Å². The first-order valence-electron chi connectivity index (χ1n) is 9.16. The summed E-state index contributed by atoms with van der Waals surface area (Å²) in [5, 5.41) is 4.92. The summed E-state index contributed by atoms with van der Waals surface area (Å²) in [6.45, 7) is 1.92. The van der Waals surface area contributed by atoms with Crippen molar-refractivity contribution in [1.29, 1.82) is 0 Å². The molecule has 2 heterocycles. The number of aromatic nitrogens is 1. The quantitative estimate of drug-likeness (QED) is 0.306. The second kappa shape index (κ2) is 7.43. The minimum Gasteiger partial charge on any atom is -0.436 e. The Morgan fingerprint density at radius 2 is 1.90 bits per heavy atom. The molecule has 0 saturated carbocycles. The standard InChI is InChI=1S/C23H14Cl2N2O2S/c1-12-14(23-27-17-11-13(24)9-10-18(17)29-23)6-4-7-16(12)26-22(28)21-20(25)15-5-2-3-8-19(15)30-21/h2-11H,1H3,(H,26,28). The number of anilines is 1. The minimum atomic E-state index is -0.245. The lowest BCUT2D eigenvalue weighted by molar-refractivity contribution is 0.103. The first kappa shape index (κ1) is 19.1. The van der Waals surface area contributed by atoms with E-state index in [-0.39, 0.29) is 5.91 Å². The summed E-state index contributed by atoms with van der Waals surface area (Å²) in [4.78, 5) is 18.0. The predicted octanol–water partition coefficient (Wildman–Crippen LogP) is 7.58. The summed E-state index contributed by atoms with van der Waals surface area (Å²) < 4.78 is 6.87. The fourth-order valence-corrected chi connectivity index (χ4v) is 4.94. The molecule has 0 fully saturated rings.